The van der Waals surface area contributed by atoms with Crippen molar-refractivity contribution in [3.05, 3.63) is 18.1 Å². The highest BCUT2D eigenvalue weighted by molar-refractivity contribution is 5.07. The summed E-state index contributed by atoms with van der Waals surface area (Å²) in [5.41, 5.74) is 0.784. The first kappa shape index (κ1) is 12.9. The van der Waals surface area contributed by atoms with Crippen LogP contribution in [0.1, 0.15) is 26.5 Å². The van der Waals surface area contributed by atoms with E-state index in [4.69, 9.17) is 4.74 Å². The monoisotopic (exact) mass is 225 g/mol. The Hall–Kier alpha value is -1.20. The lowest BCUT2D eigenvalue weighted by Gasteiger charge is -2.24. The molecule has 0 radical (unpaired) electrons. The van der Waals surface area contributed by atoms with Crippen LogP contribution in [0, 0.1) is 6.92 Å². The van der Waals surface area contributed by atoms with Crippen LogP contribution in [0.3, 0.4) is 0 Å². The molecule has 5 nitrogen and oxygen atoms in total. The molecule has 2 atom stereocenters. The van der Waals surface area contributed by atoms with Gasteiger partial charge < -0.3 is 9.84 Å². The first-order valence-corrected chi connectivity index (χ1v) is 5.38. The van der Waals surface area contributed by atoms with Crippen LogP contribution in [0.25, 0.3) is 0 Å². The van der Waals surface area contributed by atoms with Gasteiger partial charge in [-0.25, -0.2) is 4.98 Å². The van der Waals surface area contributed by atoms with Gasteiger partial charge in [-0.05, 0) is 27.7 Å². The van der Waals surface area contributed by atoms with Crippen molar-refractivity contribution in [2.45, 2.75) is 46.1 Å². The summed E-state index contributed by atoms with van der Waals surface area (Å²) in [6.07, 6.45) is 2.09. The van der Waals surface area contributed by atoms with Crippen molar-refractivity contribution in [2.75, 3.05) is 0 Å². The van der Waals surface area contributed by atoms with Crippen molar-refractivity contribution in [1.82, 2.24) is 15.3 Å². The second-order valence-electron chi connectivity index (χ2n) is 4.10. The Morgan fingerprint density at radius 3 is 2.50 bits per heavy atom. The van der Waals surface area contributed by atoms with Crippen LogP contribution in [-0.2, 0) is 0 Å². The lowest BCUT2D eigenvalue weighted by atomic mass is 10.3. The van der Waals surface area contributed by atoms with E-state index in [0.29, 0.717) is 5.88 Å². The number of nitrogens with zero attached hydrogens (tertiary/aromatic N) is 2. The molecule has 0 spiro atoms. The predicted molar refractivity (Wildman–Crippen MR) is 61.1 cm³/mol. The Balaban J connectivity index is 2.68. The topological polar surface area (TPSA) is 67.3 Å². The SMILES string of the molecule is Cc1cncc(OC(NC(C)C)C(C)O)n1. The summed E-state index contributed by atoms with van der Waals surface area (Å²) in [5, 5.41) is 12.7. The summed E-state index contributed by atoms with van der Waals surface area (Å²) in [6, 6.07) is 0.220. The van der Waals surface area contributed by atoms with E-state index in [0.717, 1.165) is 5.69 Å². The fraction of sp³-hybridized carbons (Fsp3) is 0.636. The van der Waals surface area contributed by atoms with Crippen molar-refractivity contribution in [3.63, 3.8) is 0 Å². The second kappa shape index (κ2) is 5.77. The van der Waals surface area contributed by atoms with Gasteiger partial charge >= 0.3 is 0 Å². The van der Waals surface area contributed by atoms with Gasteiger partial charge in [0.25, 0.3) is 0 Å². The van der Waals surface area contributed by atoms with E-state index in [2.05, 4.69) is 15.3 Å². The largest absolute Gasteiger partial charge is 0.455 e. The Bertz CT molecular complexity index is 329. The summed E-state index contributed by atoms with van der Waals surface area (Å²) >= 11 is 0. The molecule has 90 valence electrons. The third kappa shape index (κ3) is 4.12. The molecular weight excluding hydrogens is 206 g/mol. The lowest BCUT2D eigenvalue weighted by molar-refractivity contribution is 0.0187. The van der Waals surface area contributed by atoms with E-state index in [1.54, 1.807) is 13.1 Å². The van der Waals surface area contributed by atoms with Crippen molar-refractivity contribution >= 4 is 0 Å². The first-order chi connectivity index (χ1) is 7.49. The second-order valence-corrected chi connectivity index (χ2v) is 4.10. The molecule has 0 aliphatic rings. The summed E-state index contributed by atoms with van der Waals surface area (Å²) in [7, 11) is 0. The van der Waals surface area contributed by atoms with Gasteiger partial charge in [0.05, 0.1) is 11.9 Å². The molecule has 0 bridgehead atoms. The number of hydrogen-bond acceptors (Lipinski definition) is 5. The Morgan fingerprint density at radius 2 is 2.00 bits per heavy atom. The van der Waals surface area contributed by atoms with E-state index in [1.165, 1.54) is 6.20 Å². The standard InChI is InChI=1S/C11H19N3O2/c1-7(2)13-11(9(4)15)16-10-6-12-5-8(3)14-10/h5-7,9,11,13,15H,1-4H3. The maximum absolute atomic E-state index is 9.56. The average Bonchev–Trinajstić information content (AvgIpc) is 2.15. The summed E-state index contributed by atoms with van der Waals surface area (Å²) in [5.74, 6) is 0.416. The fourth-order valence-electron chi connectivity index (χ4n) is 1.23. The number of rotatable bonds is 5. The first-order valence-electron chi connectivity index (χ1n) is 5.38. The number of ether oxygens (including phenoxy) is 1. The maximum Gasteiger partial charge on any atom is 0.234 e. The molecule has 0 amide bonds. The van der Waals surface area contributed by atoms with Crippen molar-refractivity contribution in [1.29, 1.82) is 0 Å². The van der Waals surface area contributed by atoms with Crippen LogP contribution in [-0.4, -0.2) is 33.4 Å². The van der Waals surface area contributed by atoms with Gasteiger partial charge in [0.15, 0.2) is 6.23 Å². The smallest absolute Gasteiger partial charge is 0.234 e. The third-order valence-electron chi connectivity index (χ3n) is 1.92. The van der Waals surface area contributed by atoms with Crippen LogP contribution in [0.2, 0.25) is 0 Å². The molecule has 0 aliphatic heterocycles. The number of nitrogens with one attached hydrogen (secondary N) is 1. The highest BCUT2D eigenvalue weighted by Crippen LogP contribution is 2.08. The van der Waals surface area contributed by atoms with Gasteiger partial charge in [0.1, 0.15) is 6.10 Å². The van der Waals surface area contributed by atoms with Gasteiger partial charge in [-0.3, -0.25) is 10.3 Å². The van der Waals surface area contributed by atoms with Crippen molar-refractivity contribution < 1.29 is 9.84 Å². The molecule has 0 fully saturated rings. The predicted octanol–water partition coefficient (Wildman–Crippen LogP) is 0.869. The molecule has 5 heteroatoms. The molecule has 1 rings (SSSR count). The highest BCUT2D eigenvalue weighted by Gasteiger charge is 2.18. The van der Waals surface area contributed by atoms with Gasteiger partial charge in [0, 0.05) is 12.2 Å². The van der Waals surface area contributed by atoms with E-state index in [9.17, 15) is 5.11 Å². The van der Waals surface area contributed by atoms with Crippen LogP contribution >= 0.6 is 0 Å². The number of aromatic nitrogens is 2. The van der Waals surface area contributed by atoms with Gasteiger partial charge in [0.2, 0.25) is 5.88 Å². The normalized spacial score (nSPS) is 14.9. The summed E-state index contributed by atoms with van der Waals surface area (Å²) < 4.78 is 5.53. The Kier molecular flexibility index (Phi) is 4.64. The molecule has 1 aromatic heterocycles. The van der Waals surface area contributed by atoms with Gasteiger partial charge in [-0.1, -0.05) is 0 Å². The van der Waals surface area contributed by atoms with Crippen LogP contribution in [0.4, 0.5) is 0 Å². The quantitative estimate of drug-likeness (QED) is 0.728. The third-order valence-corrected chi connectivity index (χ3v) is 1.92. The van der Waals surface area contributed by atoms with Gasteiger partial charge in [-0.15, -0.1) is 0 Å². The minimum absolute atomic E-state index is 0.220. The van der Waals surface area contributed by atoms with Crippen LogP contribution in [0.5, 0.6) is 5.88 Å². The molecular formula is C11H19N3O2. The zero-order valence-electron chi connectivity index (χ0n) is 10.1. The van der Waals surface area contributed by atoms with E-state index in [1.807, 2.05) is 20.8 Å². The number of aliphatic hydroxyl groups excluding tert-OH is 1. The lowest BCUT2D eigenvalue weighted by Crippen LogP contribution is -2.46. The molecule has 1 heterocycles. The van der Waals surface area contributed by atoms with Crippen LogP contribution < -0.4 is 10.1 Å². The summed E-state index contributed by atoms with van der Waals surface area (Å²) in [4.78, 5) is 8.15. The van der Waals surface area contributed by atoms with Crippen LogP contribution in [0.15, 0.2) is 12.4 Å². The molecule has 2 unspecified atom stereocenters. The Labute approximate surface area is 95.9 Å². The molecule has 0 saturated heterocycles. The number of hydrogen-bond donors (Lipinski definition) is 2. The average molecular weight is 225 g/mol. The molecule has 0 saturated carbocycles. The fourth-order valence-corrected chi connectivity index (χ4v) is 1.23. The van der Waals surface area contributed by atoms with E-state index < -0.39 is 12.3 Å². The molecule has 2 N–H and O–H groups in total. The molecule has 16 heavy (non-hydrogen) atoms. The summed E-state index contributed by atoms with van der Waals surface area (Å²) in [6.45, 7) is 7.48. The highest BCUT2D eigenvalue weighted by atomic mass is 16.5. The van der Waals surface area contributed by atoms with Gasteiger partial charge in [-0.2, -0.15) is 0 Å². The number of aliphatic hydroxyl groups is 1. The molecule has 0 aromatic carbocycles. The zero-order valence-corrected chi connectivity index (χ0v) is 10.1. The van der Waals surface area contributed by atoms with Crippen molar-refractivity contribution in [3.8, 4) is 5.88 Å². The minimum atomic E-state index is -0.621. The molecule has 1 aromatic rings. The molecule has 0 aliphatic carbocycles. The van der Waals surface area contributed by atoms with Crippen molar-refractivity contribution in [2.24, 2.45) is 0 Å². The van der Waals surface area contributed by atoms with E-state index >= 15 is 0 Å². The zero-order chi connectivity index (χ0) is 12.1. The maximum atomic E-state index is 9.56. The Morgan fingerprint density at radius 1 is 1.31 bits per heavy atom. The van der Waals surface area contributed by atoms with E-state index in [-0.39, 0.29) is 6.04 Å². The minimum Gasteiger partial charge on any atom is -0.455 e. The number of aryl methyl sites for hydroxylation is 1.